The lowest BCUT2D eigenvalue weighted by Gasteiger charge is -2.10. The van der Waals surface area contributed by atoms with Crippen LogP contribution in [0.1, 0.15) is 0 Å². The molecule has 1 heterocycles. The monoisotopic (exact) mass is 178 g/mol. The second kappa shape index (κ2) is 2.46. The maximum atomic E-state index is 10.9. The lowest BCUT2D eigenvalue weighted by atomic mass is 10.6. The van der Waals surface area contributed by atoms with Gasteiger partial charge in [-0.3, -0.25) is 4.79 Å². The van der Waals surface area contributed by atoms with Gasteiger partial charge in [-0.15, -0.1) is 0 Å². The Morgan fingerprint density at radius 3 is 2.18 bits per heavy atom. The smallest absolute Gasteiger partial charge is 0.238 e. The Kier molecular flexibility index (Phi) is 1.89. The number of hydrogen-bond donors (Lipinski definition) is 0. The summed E-state index contributed by atoms with van der Waals surface area (Å²) >= 11 is 0. The van der Waals surface area contributed by atoms with Crippen LogP contribution in [0.25, 0.3) is 0 Å². The Balaban J connectivity index is 2.77. The van der Waals surface area contributed by atoms with Crippen LogP contribution >= 0.6 is 0 Å². The first-order valence-corrected chi connectivity index (χ1v) is 4.95. The summed E-state index contributed by atoms with van der Waals surface area (Å²) in [6.07, 6.45) is 1.10. The van der Waals surface area contributed by atoms with Crippen molar-refractivity contribution in [2.24, 2.45) is 0 Å². The predicted octanol–water partition coefficient (Wildman–Crippen LogP) is -1.32. The van der Waals surface area contributed by atoms with Gasteiger partial charge in [0, 0.05) is 7.05 Å². The quantitative estimate of drug-likeness (QED) is 0.500. The molecule has 0 unspecified atom stereocenters. The van der Waals surface area contributed by atoms with E-state index in [9.17, 15) is 13.2 Å². The number of rotatable bonds is 1. The first-order chi connectivity index (χ1) is 4.91. The van der Waals surface area contributed by atoms with Gasteiger partial charge in [-0.1, -0.05) is 0 Å². The molecule has 0 spiro atoms. The molecule has 0 aromatic rings. The highest BCUT2D eigenvalue weighted by Gasteiger charge is 2.30. The van der Waals surface area contributed by atoms with E-state index in [1.54, 1.807) is 7.05 Å². The highest BCUT2D eigenvalue weighted by atomic mass is 32.2. The predicted molar refractivity (Wildman–Crippen MR) is 39.2 cm³/mol. The normalized spacial score (nSPS) is 21.3. The van der Waals surface area contributed by atoms with Gasteiger partial charge in [-0.05, 0) is 0 Å². The van der Waals surface area contributed by atoms with Gasteiger partial charge in [0.1, 0.15) is 0 Å². The molecular weight excluding hydrogens is 168 g/mol. The summed E-state index contributed by atoms with van der Waals surface area (Å²) in [6, 6.07) is 0. The molecule has 0 N–H and O–H groups in total. The van der Waals surface area contributed by atoms with Crippen LogP contribution in [0.4, 0.5) is 0 Å². The lowest BCUT2D eigenvalue weighted by molar-refractivity contribution is -0.125. The third-order valence-corrected chi connectivity index (χ3v) is 2.76. The van der Waals surface area contributed by atoms with Crippen molar-refractivity contribution in [1.29, 1.82) is 0 Å². The molecule has 1 aliphatic rings. The second-order valence-electron chi connectivity index (χ2n) is 2.61. The van der Waals surface area contributed by atoms with Gasteiger partial charge in [-0.2, -0.15) is 4.31 Å². The van der Waals surface area contributed by atoms with Crippen molar-refractivity contribution in [3.8, 4) is 0 Å². The zero-order valence-corrected chi connectivity index (χ0v) is 7.26. The van der Waals surface area contributed by atoms with Crippen molar-refractivity contribution in [3.63, 3.8) is 0 Å². The number of amides is 1. The van der Waals surface area contributed by atoms with E-state index in [4.69, 9.17) is 0 Å². The van der Waals surface area contributed by atoms with Crippen molar-refractivity contribution >= 4 is 15.9 Å². The molecule has 0 saturated carbocycles. The third-order valence-electron chi connectivity index (χ3n) is 1.58. The summed E-state index contributed by atoms with van der Waals surface area (Å²) < 4.78 is 22.9. The van der Waals surface area contributed by atoms with Gasteiger partial charge in [0.2, 0.25) is 15.9 Å². The van der Waals surface area contributed by atoms with E-state index < -0.39 is 10.0 Å². The standard InChI is InChI=1S/C5H10N2O3S/c1-6-4-7(3-5(6)8)11(2,9)10/h3-4H2,1-2H3. The molecule has 5 nitrogen and oxygen atoms in total. The minimum Gasteiger partial charge on any atom is -0.331 e. The van der Waals surface area contributed by atoms with Crippen LogP contribution in [0.15, 0.2) is 0 Å². The molecule has 64 valence electrons. The fourth-order valence-electron chi connectivity index (χ4n) is 0.859. The Morgan fingerprint density at radius 2 is 2.00 bits per heavy atom. The molecule has 0 aromatic heterocycles. The molecule has 1 fully saturated rings. The first kappa shape index (κ1) is 8.48. The maximum absolute atomic E-state index is 10.9. The Bertz CT molecular complexity index is 271. The van der Waals surface area contributed by atoms with Gasteiger partial charge in [0.15, 0.2) is 0 Å². The number of sulfonamides is 1. The molecule has 0 bridgehead atoms. The van der Waals surface area contributed by atoms with Crippen LogP contribution in [0.2, 0.25) is 0 Å². The molecule has 1 aliphatic heterocycles. The average molecular weight is 178 g/mol. The molecule has 1 amide bonds. The Hall–Kier alpha value is -0.620. The highest BCUT2D eigenvalue weighted by molar-refractivity contribution is 7.88. The second-order valence-corrected chi connectivity index (χ2v) is 4.59. The van der Waals surface area contributed by atoms with Crippen LogP contribution in [-0.2, 0) is 14.8 Å². The zero-order valence-electron chi connectivity index (χ0n) is 6.44. The molecular formula is C5H10N2O3S. The van der Waals surface area contributed by atoms with E-state index in [1.807, 2.05) is 0 Å². The molecule has 0 radical (unpaired) electrons. The van der Waals surface area contributed by atoms with Crippen molar-refractivity contribution in [1.82, 2.24) is 9.21 Å². The van der Waals surface area contributed by atoms with E-state index in [0.717, 1.165) is 10.6 Å². The van der Waals surface area contributed by atoms with Gasteiger partial charge in [0.25, 0.3) is 0 Å². The van der Waals surface area contributed by atoms with Crippen molar-refractivity contribution < 1.29 is 13.2 Å². The highest BCUT2D eigenvalue weighted by Crippen LogP contribution is 2.07. The lowest BCUT2D eigenvalue weighted by Crippen LogP contribution is -2.28. The summed E-state index contributed by atoms with van der Waals surface area (Å²) in [5.74, 6) is -0.157. The number of hydrogen-bond acceptors (Lipinski definition) is 3. The van der Waals surface area contributed by atoms with E-state index in [2.05, 4.69) is 0 Å². The zero-order chi connectivity index (χ0) is 8.65. The fraction of sp³-hybridized carbons (Fsp3) is 0.800. The van der Waals surface area contributed by atoms with Crippen LogP contribution in [0, 0.1) is 0 Å². The van der Waals surface area contributed by atoms with E-state index in [1.165, 1.54) is 4.90 Å². The number of likely N-dealkylation sites (N-methyl/N-ethyl adjacent to an activating group) is 1. The van der Waals surface area contributed by atoms with Crippen LogP contribution < -0.4 is 0 Å². The summed E-state index contributed by atoms with van der Waals surface area (Å²) in [7, 11) is -1.62. The largest absolute Gasteiger partial charge is 0.331 e. The van der Waals surface area contributed by atoms with Gasteiger partial charge in [0.05, 0.1) is 19.5 Å². The van der Waals surface area contributed by atoms with Gasteiger partial charge < -0.3 is 4.90 Å². The summed E-state index contributed by atoms with van der Waals surface area (Å²) in [5, 5.41) is 0. The Morgan fingerprint density at radius 1 is 1.45 bits per heavy atom. The van der Waals surface area contributed by atoms with Gasteiger partial charge in [-0.25, -0.2) is 8.42 Å². The molecule has 0 aliphatic carbocycles. The summed E-state index contributed by atoms with van der Waals surface area (Å²) in [6.45, 7) is 0.160. The number of carbonyl (C=O) groups is 1. The van der Waals surface area contributed by atoms with Crippen molar-refractivity contribution in [3.05, 3.63) is 0 Å². The van der Waals surface area contributed by atoms with Crippen molar-refractivity contribution in [2.75, 3.05) is 26.5 Å². The Labute approximate surface area is 65.6 Å². The average Bonchev–Trinajstić information content (AvgIpc) is 2.11. The molecule has 0 aromatic carbocycles. The molecule has 0 atom stereocenters. The van der Waals surface area contributed by atoms with E-state index >= 15 is 0 Å². The van der Waals surface area contributed by atoms with Crippen LogP contribution in [0.3, 0.4) is 0 Å². The fourth-order valence-corrected chi connectivity index (χ4v) is 1.59. The summed E-state index contributed by atoms with van der Waals surface area (Å²) in [5.41, 5.74) is 0. The molecule has 1 saturated heterocycles. The maximum Gasteiger partial charge on any atom is 0.238 e. The summed E-state index contributed by atoms with van der Waals surface area (Å²) in [4.78, 5) is 12.2. The number of nitrogens with zero attached hydrogens (tertiary/aromatic N) is 2. The number of carbonyl (C=O) groups excluding carboxylic acids is 1. The van der Waals surface area contributed by atoms with Crippen LogP contribution in [-0.4, -0.2) is 50.0 Å². The topological polar surface area (TPSA) is 57.7 Å². The van der Waals surface area contributed by atoms with E-state index in [-0.39, 0.29) is 19.1 Å². The molecule has 6 heteroatoms. The van der Waals surface area contributed by atoms with Gasteiger partial charge >= 0.3 is 0 Å². The van der Waals surface area contributed by atoms with Crippen molar-refractivity contribution in [2.45, 2.75) is 0 Å². The molecule has 11 heavy (non-hydrogen) atoms. The third kappa shape index (κ3) is 1.69. The molecule has 1 rings (SSSR count). The minimum absolute atomic E-state index is 0.0185. The minimum atomic E-state index is -3.20. The first-order valence-electron chi connectivity index (χ1n) is 3.10. The van der Waals surface area contributed by atoms with Crippen LogP contribution in [0.5, 0.6) is 0 Å². The van der Waals surface area contributed by atoms with E-state index in [0.29, 0.717) is 0 Å². The SMILES string of the molecule is CN1CN(S(C)(=O)=O)CC1=O.